The van der Waals surface area contributed by atoms with Crippen molar-refractivity contribution >= 4 is 5.91 Å². The van der Waals surface area contributed by atoms with E-state index in [9.17, 15) is 4.79 Å². The highest BCUT2D eigenvalue weighted by atomic mass is 16.5. The standard InChI is InChI=1S/C14H20N2O2/c1-12-4-2-3-5-13(12)10-15-11-14(17)16-6-8-18-9-7-16/h2-5,15H,6-11H2,1H3. The van der Waals surface area contributed by atoms with E-state index in [1.807, 2.05) is 17.0 Å². The van der Waals surface area contributed by atoms with E-state index in [0.29, 0.717) is 32.8 Å². The van der Waals surface area contributed by atoms with Crippen LogP contribution >= 0.6 is 0 Å². The topological polar surface area (TPSA) is 41.6 Å². The molecule has 1 aliphatic heterocycles. The molecule has 4 nitrogen and oxygen atoms in total. The molecule has 0 radical (unpaired) electrons. The summed E-state index contributed by atoms with van der Waals surface area (Å²) in [6, 6.07) is 8.22. The maximum atomic E-state index is 11.9. The van der Waals surface area contributed by atoms with E-state index < -0.39 is 0 Å². The average molecular weight is 248 g/mol. The molecule has 0 aromatic heterocycles. The highest BCUT2D eigenvalue weighted by molar-refractivity contribution is 5.78. The number of morpholine rings is 1. The fourth-order valence-electron chi connectivity index (χ4n) is 2.04. The van der Waals surface area contributed by atoms with E-state index in [2.05, 4.69) is 24.4 Å². The van der Waals surface area contributed by atoms with Gasteiger partial charge < -0.3 is 15.0 Å². The second-order valence-electron chi connectivity index (χ2n) is 4.52. The first kappa shape index (κ1) is 13.1. The van der Waals surface area contributed by atoms with Crippen LogP contribution in [0.25, 0.3) is 0 Å². The molecule has 1 aromatic carbocycles. The van der Waals surface area contributed by atoms with Crippen LogP contribution in [0.5, 0.6) is 0 Å². The Bertz CT molecular complexity index is 401. The average Bonchev–Trinajstić information content (AvgIpc) is 2.42. The van der Waals surface area contributed by atoms with E-state index in [4.69, 9.17) is 4.74 Å². The molecule has 1 heterocycles. The Kier molecular flexibility index (Phi) is 4.73. The van der Waals surface area contributed by atoms with Crippen LogP contribution < -0.4 is 5.32 Å². The van der Waals surface area contributed by atoms with E-state index in [0.717, 1.165) is 6.54 Å². The number of amides is 1. The lowest BCUT2D eigenvalue weighted by atomic mass is 10.1. The van der Waals surface area contributed by atoms with Crippen molar-refractivity contribution in [2.45, 2.75) is 13.5 Å². The molecule has 4 heteroatoms. The molecule has 1 fully saturated rings. The second-order valence-corrected chi connectivity index (χ2v) is 4.52. The molecule has 0 spiro atoms. The van der Waals surface area contributed by atoms with E-state index in [-0.39, 0.29) is 5.91 Å². The van der Waals surface area contributed by atoms with Crippen LogP contribution in [0.15, 0.2) is 24.3 Å². The van der Waals surface area contributed by atoms with Crippen molar-refractivity contribution in [2.75, 3.05) is 32.8 Å². The number of ether oxygens (including phenoxy) is 1. The van der Waals surface area contributed by atoms with Crippen molar-refractivity contribution in [3.05, 3.63) is 35.4 Å². The van der Waals surface area contributed by atoms with Gasteiger partial charge >= 0.3 is 0 Å². The minimum atomic E-state index is 0.159. The van der Waals surface area contributed by atoms with Crippen LogP contribution in [-0.4, -0.2) is 43.7 Å². The fourth-order valence-corrected chi connectivity index (χ4v) is 2.04. The first-order valence-electron chi connectivity index (χ1n) is 6.38. The van der Waals surface area contributed by atoms with E-state index >= 15 is 0 Å². The summed E-state index contributed by atoms with van der Waals surface area (Å²) < 4.78 is 5.23. The summed E-state index contributed by atoms with van der Waals surface area (Å²) in [6.07, 6.45) is 0. The number of rotatable bonds is 4. The van der Waals surface area contributed by atoms with Crippen molar-refractivity contribution in [3.8, 4) is 0 Å². The first-order chi connectivity index (χ1) is 8.77. The molecular formula is C14H20N2O2. The number of hydrogen-bond donors (Lipinski definition) is 1. The van der Waals surface area contributed by atoms with Gasteiger partial charge in [0.2, 0.25) is 5.91 Å². The van der Waals surface area contributed by atoms with Gasteiger partial charge in [0.1, 0.15) is 0 Å². The van der Waals surface area contributed by atoms with Gasteiger partial charge in [0, 0.05) is 19.6 Å². The Morgan fingerprint density at radius 2 is 2.06 bits per heavy atom. The molecule has 1 N–H and O–H groups in total. The van der Waals surface area contributed by atoms with Crippen LogP contribution in [0.3, 0.4) is 0 Å². The highest BCUT2D eigenvalue weighted by Gasteiger charge is 2.15. The molecule has 1 aromatic rings. The first-order valence-corrected chi connectivity index (χ1v) is 6.38. The van der Waals surface area contributed by atoms with Gasteiger partial charge in [-0.1, -0.05) is 24.3 Å². The molecule has 0 atom stereocenters. The van der Waals surface area contributed by atoms with Crippen molar-refractivity contribution < 1.29 is 9.53 Å². The molecule has 0 unspecified atom stereocenters. The van der Waals surface area contributed by atoms with Gasteiger partial charge in [-0.15, -0.1) is 0 Å². The third-order valence-corrected chi connectivity index (χ3v) is 3.22. The van der Waals surface area contributed by atoms with Crippen LogP contribution in [0.1, 0.15) is 11.1 Å². The zero-order valence-corrected chi connectivity index (χ0v) is 10.8. The Morgan fingerprint density at radius 1 is 1.33 bits per heavy atom. The number of nitrogens with zero attached hydrogens (tertiary/aromatic N) is 1. The van der Waals surface area contributed by atoms with Crippen molar-refractivity contribution in [1.82, 2.24) is 10.2 Å². The number of hydrogen-bond acceptors (Lipinski definition) is 3. The van der Waals surface area contributed by atoms with Gasteiger partial charge in [0.05, 0.1) is 19.8 Å². The van der Waals surface area contributed by atoms with E-state index in [1.165, 1.54) is 11.1 Å². The second kappa shape index (κ2) is 6.52. The third kappa shape index (κ3) is 3.55. The molecule has 0 aliphatic carbocycles. The number of benzene rings is 1. The van der Waals surface area contributed by atoms with Gasteiger partial charge in [-0.2, -0.15) is 0 Å². The summed E-state index contributed by atoms with van der Waals surface area (Å²) in [6.45, 7) is 5.96. The van der Waals surface area contributed by atoms with Gasteiger partial charge in [0.15, 0.2) is 0 Å². The maximum absolute atomic E-state index is 11.9. The molecular weight excluding hydrogens is 228 g/mol. The summed E-state index contributed by atoms with van der Waals surface area (Å²) >= 11 is 0. The highest BCUT2D eigenvalue weighted by Crippen LogP contribution is 2.06. The zero-order chi connectivity index (χ0) is 12.8. The van der Waals surface area contributed by atoms with Crippen LogP contribution in [0.4, 0.5) is 0 Å². The lowest BCUT2D eigenvalue weighted by Gasteiger charge is -2.27. The summed E-state index contributed by atoms with van der Waals surface area (Å²) in [7, 11) is 0. The molecule has 0 saturated carbocycles. The molecule has 1 saturated heterocycles. The number of aryl methyl sites for hydroxylation is 1. The van der Waals surface area contributed by atoms with Gasteiger partial charge in [-0.3, -0.25) is 4.79 Å². The summed E-state index contributed by atoms with van der Waals surface area (Å²) in [5.74, 6) is 0.159. The van der Waals surface area contributed by atoms with Crippen molar-refractivity contribution in [1.29, 1.82) is 0 Å². The third-order valence-electron chi connectivity index (χ3n) is 3.22. The minimum Gasteiger partial charge on any atom is -0.378 e. The quantitative estimate of drug-likeness (QED) is 0.862. The Balaban J connectivity index is 1.75. The minimum absolute atomic E-state index is 0.159. The van der Waals surface area contributed by atoms with Crippen LogP contribution in [0.2, 0.25) is 0 Å². The predicted octanol–water partition coefficient (Wildman–Crippen LogP) is 0.943. The molecule has 0 bridgehead atoms. The molecule has 1 amide bonds. The van der Waals surface area contributed by atoms with Gasteiger partial charge in [0.25, 0.3) is 0 Å². The summed E-state index contributed by atoms with van der Waals surface area (Å²) in [4.78, 5) is 13.7. The fraction of sp³-hybridized carbons (Fsp3) is 0.500. The van der Waals surface area contributed by atoms with Crippen molar-refractivity contribution in [3.63, 3.8) is 0 Å². The summed E-state index contributed by atoms with van der Waals surface area (Å²) in [5, 5.41) is 3.21. The van der Waals surface area contributed by atoms with E-state index in [1.54, 1.807) is 0 Å². The molecule has 2 rings (SSSR count). The Morgan fingerprint density at radius 3 is 2.78 bits per heavy atom. The van der Waals surface area contributed by atoms with Crippen molar-refractivity contribution in [2.24, 2.45) is 0 Å². The number of carbonyl (C=O) groups excluding carboxylic acids is 1. The van der Waals surface area contributed by atoms with Crippen LogP contribution in [-0.2, 0) is 16.1 Å². The molecule has 98 valence electrons. The molecule has 1 aliphatic rings. The maximum Gasteiger partial charge on any atom is 0.236 e. The lowest BCUT2D eigenvalue weighted by Crippen LogP contribution is -2.44. The normalized spacial score (nSPS) is 15.7. The van der Waals surface area contributed by atoms with Crippen LogP contribution in [0, 0.1) is 6.92 Å². The smallest absolute Gasteiger partial charge is 0.236 e. The SMILES string of the molecule is Cc1ccccc1CNCC(=O)N1CCOCC1. The van der Waals surface area contributed by atoms with Gasteiger partial charge in [-0.25, -0.2) is 0 Å². The number of carbonyl (C=O) groups is 1. The largest absolute Gasteiger partial charge is 0.378 e. The van der Waals surface area contributed by atoms with Gasteiger partial charge in [-0.05, 0) is 18.1 Å². The zero-order valence-electron chi connectivity index (χ0n) is 10.8. The predicted molar refractivity (Wildman–Crippen MR) is 70.3 cm³/mol. The summed E-state index contributed by atoms with van der Waals surface area (Å²) in [5.41, 5.74) is 2.50. The molecule has 18 heavy (non-hydrogen) atoms. The lowest BCUT2D eigenvalue weighted by molar-refractivity contribution is -0.134. The Labute approximate surface area is 108 Å². The number of nitrogens with one attached hydrogen (secondary N) is 1. The monoisotopic (exact) mass is 248 g/mol. The Hall–Kier alpha value is -1.39.